The molecule has 118 valence electrons. The number of aromatic hydroxyl groups is 1. The predicted octanol–water partition coefficient (Wildman–Crippen LogP) is 2.04. The van der Waals surface area contributed by atoms with Crippen molar-refractivity contribution in [3.63, 3.8) is 0 Å². The number of fused-ring (bicyclic) bond motifs is 1. The quantitative estimate of drug-likeness (QED) is 0.879. The largest absolute Gasteiger partial charge is 0.508 e. The summed E-state index contributed by atoms with van der Waals surface area (Å²) in [5, 5.41) is 13.1. The van der Waals surface area contributed by atoms with Gasteiger partial charge >= 0.3 is 6.03 Å². The Hall–Kier alpha value is -1.75. The van der Waals surface area contributed by atoms with E-state index in [2.05, 4.69) is 17.1 Å². The monoisotopic (exact) mass is 301 g/mol. The number of benzene rings is 1. The maximum atomic E-state index is 12.5. The van der Waals surface area contributed by atoms with Crippen molar-refractivity contribution in [2.45, 2.75) is 57.4 Å². The molecule has 2 aliphatic heterocycles. The van der Waals surface area contributed by atoms with Crippen LogP contribution < -0.4 is 5.32 Å². The van der Waals surface area contributed by atoms with Crippen LogP contribution in [0, 0.1) is 0 Å². The second kappa shape index (κ2) is 5.16. The van der Waals surface area contributed by atoms with Gasteiger partial charge in [-0.25, -0.2) is 4.79 Å². The molecule has 1 saturated carbocycles. The lowest BCUT2D eigenvalue weighted by Crippen LogP contribution is -2.43. The first-order valence-corrected chi connectivity index (χ1v) is 8.22. The first-order valence-electron chi connectivity index (χ1n) is 8.22. The van der Waals surface area contributed by atoms with Crippen molar-refractivity contribution >= 4 is 6.03 Å². The van der Waals surface area contributed by atoms with Gasteiger partial charge < -0.3 is 15.3 Å². The lowest BCUT2D eigenvalue weighted by Gasteiger charge is -2.21. The summed E-state index contributed by atoms with van der Waals surface area (Å²) in [7, 11) is 0. The minimum Gasteiger partial charge on any atom is -0.508 e. The minimum atomic E-state index is -0.00885. The second-order valence-electron chi connectivity index (χ2n) is 6.93. The van der Waals surface area contributed by atoms with E-state index >= 15 is 0 Å². The van der Waals surface area contributed by atoms with Crippen LogP contribution in [0.15, 0.2) is 18.2 Å². The Morgan fingerprint density at radius 2 is 2.14 bits per heavy atom. The van der Waals surface area contributed by atoms with Gasteiger partial charge in [0.2, 0.25) is 0 Å². The zero-order chi connectivity index (χ0) is 15.3. The Bertz CT molecular complexity index is 600. The third kappa shape index (κ3) is 2.43. The van der Waals surface area contributed by atoms with Crippen molar-refractivity contribution in [3.05, 3.63) is 29.3 Å². The van der Waals surface area contributed by atoms with Gasteiger partial charge in [0.05, 0.1) is 6.54 Å². The summed E-state index contributed by atoms with van der Waals surface area (Å²) in [4.78, 5) is 16.8. The predicted molar refractivity (Wildman–Crippen MR) is 83.5 cm³/mol. The fourth-order valence-corrected chi connectivity index (χ4v) is 3.89. The summed E-state index contributed by atoms with van der Waals surface area (Å²) in [5.41, 5.74) is 1.94. The van der Waals surface area contributed by atoms with Crippen molar-refractivity contribution in [2.75, 3.05) is 6.54 Å². The van der Waals surface area contributed by atoms with Crippen LogP contribution in [-0.4, -0.2) is 45.6 Å². The summed E-state index contributed by atoms with van der Waals surface area (Å²) >= 11 is 0. The molecule has 1 aliphatic carbocycles. The molecule has 22 heavy (non-hydrogen) atoms. The lowest BCUT2D eigenvalue weighted by atomic mass is 10.1. The van der Waals surface area contributed by atoms with E-state index in [1.807, 2.05) is 12.1 Å². The summed E-state index contributed by atoms with van der Waals surface area (Å²) in [6, 6.07) is 7.07. The van der Waals surface area contributed by atoms with E-state index in [0.29, 0.717) is 24.9 Å². The molecule has 1 aromatic rings. The normalized spacial score (nSPS) is 28.0. The third-order valence-corrected chi connectivity index (χ3v) is 5.21. The van der Waals surface area contributed by atoms with Gasteiger partial charge in [-0.3, -0.25) is 4.90 Å². The molecular formula is C17H23N3O2. The summed E-state index contributed by atoms with van der Waals surface area (Å²) in [6.45, 7) is 4.32. The van der Waals surface area contributed by atoms with Crippen molar-refractivity contribution in [3.8, 4) is 5.75 Å². The van der Waals surface area contributed by atoms with Crippen molar-refractivity contribution < 1.29 is 9.90 Å². The van der Waals surface area contributed by atoms with Crippen molar-refractivity contribution in [1.82, 2.24) is 15.1 Å². The van der Waals surface area contributed by atoms with Gasteiger partial charge in [0.15, 0.2) is 0 Å². The van der Waals surface area contributed by atoms with E-state index in [1.165, 1.54) is 12.8 Å². The van der Waals surface area contributed by atoms with Crippen LogP contribution in [0.4, 0.5) is 4.79 Å². The highest BCUT2D eigenvalue weighted by Crippen LogP contribution is 2.34. The summed E-state index contributed by atoms with van der Waals surface area (Å²) in [6.07, 6.45) is 3.66. The van der Waals surface area contributed by atoms with Gasteiger partial charge in [-0.05, 0) is 37.8 Å². The van der Waals surface area contributed by atoms with Crippen LogP contribution in [0.2, 0.25) is 0 Å². The number of hydrogen-bond acceptors (Lipinski definition) is 3. The SMILES string of the molecule is CC1CC(NC(=O)N2Cc3cccc(O)c3C2)CN1C1CC1. The van der Waals surface area contributed by atoms with Crippen LogP contribution in [0.25, 0.3) is 0 Å². The van der Waals surface area contributed by atoms with Gasteiger partial charge in [0, 0.05) is 36.8 Å². The molecule has 2 unspecified atom stereocenters. The topological polar surface area (TPSA) is 55.8 Å². The molecule has 2 atom stereocenters. The molecule has 5 heteroatoms. The molecular weight excluding hydrogens is 278 g/mol. The molecule has 2 amide bonds. The van der Waals surface area contributed by atoms with E-state index in [4.69, 9.17) is 0 Å². The highest BCUT2D eigenvalue weighted by Gasteiger charge is 2.39. The number of carbonyl (C=O) groups is 1. The third-order valence-electron chi connectivity index (χ3n) is 5.21. The first kappa shape index (κ1) is 13.9. The minimum absolute atomic E-state index is 0.00885. The average Bonchev–Trinajstić information content (AvgIpc) is 3.11. The number of hydrogen-bond donors (Lipinski definition) is 2. The number of phenolic OH excluding ortho intramolecular Hbond substituents is 1. The highest BCUT2D eigenvalue weighted by molar-refractivity contribution is 5.75. The van der Waals surface area contributed by atoms with Gasteiger partial charge in [-0.2, -0.15) is 0 Å². The van der Waals surface area contributed by atoms with Crippen molar-refractivity contribution in [1.29, 1.82) is 0 Å². The van der Waals surface area contributed by atoms with Gasteiger partial charge in [0.25, 0.3) is 0 Å². The number of amides is 2. The molecule has 4 rings (SSSR count). The number of phenols is 1. The van der Waals surface area contributed by atoms with Crippen LogP contribution in [-0.2, 0) is 13.1 Å². The molecule has 0 bridgehead atoms. The molecule has 0 aromatic heterocycles. The molecule has 2 heterocycles. The van der Waals surface area contributed by atoms with E-state index in [0.717, 1.165) is 30.1 Å². The Morgan fingerprint density at radius 3 is 2.86 bits per heavy atom. The first-order chi connectivity index (χ1) is 10.6. The van der Waals surface area contributed by atoms with Gasteiger partial charge in [-0.15, -0.1) is 0 Å². The Kier molecular flexibility index (Phi) is 3.26. The van der Waals surface area contributed by atoms with E-state index < -0.39 is 0 Å². The second-order valence-corrected chi connectivity index (χ2v) is 6.93. The number of carbonyl (C=O) groups excluding carboxylic acids is 1. The standard InChI is InChI=1S/C17H23N3O2/c1-11-7-13(9-20(11)14-5-6-14)18-17(22)19-8-12-3-2-4-16(21)15(12)10-19/h2-4,11,13-14,21H,5-10H2,1H3,(H,18,22). The molecule has 2 fully saturated rings. The zero-order valence-electron chi connectivity index (χ0n) is 13.0. The van der Waals surface area contributed by atoms with E-state index in [-0.39, 0.29) is 12.1 Å². The van der Waals surface area contributed by atoms with Crippen LogP contribution in [0.3, 0.4) is 0 Å². The molecule has 5 nitrogen and oxygen atoms in total. The smallest absolute Gasteiger partial charge is 0.318 e. The number of urea groups is 1. The number of nitrogens with one attached hydrogen (secondary N) is 1. The van der Waals surface area contributed by atoms with Gasteiger partial charge in [0.1, 0.15) is 5.75 Å². The van der Waals surface area contributed by atoms with Crippen LogP contribution in [0.1, 0.15) is 37.3 Å². The van der Waals surface area contributed by atoms with Gasteiger partial charge in [-0.1, -0.05) is 12.1 Å². The summed E-state index contributed by atoms with van der Waals surface area (Å²) < 4.78 is 0. The number of likely N-dealkylation sites (tertiary alicyclic amines) is 1. The van der Waals surface area contributed by atoms with E-state index in [1.54, 1.807) is 11.0 Å². The molecule has 1 saturated heterocycles. The Labute approximate surface area is 130 Å². The molecule has 3 aliphatic rings. The number of nitrogens with zero attached hydrogens (tertiary/aromatic N) is 2. The lowest BCUT2D eigenvalue weighted by molar-refractivity contribution is 0.193. The van der Waals surface area contributed by atoms with Crippen LogP contribution in [0.5, 0.6) is 5.75 Å². The molecule has 0 spiro atoms. The highest BCUT2D eigenvalue weighted by atomic mass is 16.3. The Balaban J connectivity index is 1.37. The fraction of sp³-hybridized carbons (Fsp3) is 0.588. The fourth-order valence-electron chi connectivity index (χ4n) is 3.89. The van der Waals surface area contributed by atoms with E-state index in [9.17, 15) is 9.90 Å². The maximum absolute atomic E-state index is 12.5. The van der Waals surface area contributed by atoms with Crippen molar-refractivity contribution in [2.24, 2.45) is 0 Å². The molecule has 1 aromatic carbocycles. The Morgan fingerprint density at radius 1 is 1.32 bits per heavy atom. The zero-order valence-corrected chi connectivity index (χ0v) is 13.0. The maximum Gasteiger partial charge on any atom is 0.318 e. The molecule has 0 radical (unpaired) electrons. The molecule has 2 N–H and O–H groups in total. The number of rotatable bonds is 2. The average molecular weight is 301 g/mol. The summed E-state index contributed by atoms with van der Waals surface area (Å²) in [5.74, 6) is 0.294. The van der Waals surface area contributed by atoms with Crippen LogP contribution >= 0.6 is 0 Å².